The van der Waals surface area contributed by atoms with Gasteiger partial charge in [0, 0.05) is 21.4 Å². The number of hydrogen-bond donors (Lipinski definition) is 2. The highest BCUT2D eigenvalue weighted by Crippen LogP contribution is 2.44. The molecule has 2 amide bonds. The Bertz CT molecular complexity index is 821. The molecule has 0 saturated carbocycles. The van der Waals surface area contributed by atoms with E-state index in [0.29, 0.717) is 16.9 Å². The standard InChI is InChI=1S/C21H26FN3O2S/c1-2-25-11-3-4-15(25)12-21(20(24)27)10-9-18(17(13-21)19(23)26)28-16-7-5-14(22)6-8-16/h5-10,15H,2-4,11-13H2,1H3,(H2,23,26)(H2,24,27). The lowest BCUT2D eigenvalue weighted by atomic mass is 9.72. The Labute approximate surface area is 169 Å². The molecule has 4 N–H and O–H groups in total. The second kappa shape index (κ2) is 8.49. The molecule has 1 aromatic carbocycles. The van der Waals surface area contributed by atoms with Crippen molar-refractivity contribution >= 4 is 23.6 Å². The summed E-state index contributed by atoms with van der Waals surface area (Å²) in [6.45, 7) is 4.05. The average Bonchev–Trinajstić information content (AvgIpc) is 3.11. The van der Waals surface area contributed by atoms with Crippen molar-refractivity contribution in [3.8, 4) is 0 Å². The number of thioether (sulfide) groups is 1. The van der Waals surface area contributed by atoms with Crippen molar-refractivity contribution < 1.29 is 14.0 Å². The predicted octanol–water partition coefficient (Wildman–Crippen LogP) is 2.96. The van der Waals surface area contributed by atoms with Gasteiger partial charge in [0.05, 0.1) is 5.41 Å². The van der Waals surface area contributed by atoms with Gasteiger partial charge in [0.1, 0.15) is 5.82 Å². The molecule has 3 rings (SSSR count). The first-order chi connectivity index (χ1) is 13.3. The molecule has 2 unspecified atom stereocenters. The second-order valence-electron chi connectivity index (χ2n) is 7.42. The van der Waals surface area contributed by atoms with Crippen LogP contribution in [0.25, 0.3) is 0 Å². The zero-order valence-electron chi connectivity index (χ0n) is 16.0. The Hall–Kier alpha value is -2.12. The third kappa shape index (κ3) is 4.31. The minimum absolute atomic E-state index is 0.200. The molecule has 2 aliphatic rings. The zero-order chi connectivity index (χ0) is 20.3. The van der Waals surface area contributed by atoms with E-state index in [1.54, 1.807) is 18.2 Å². The highest BCUT2D eigenvalue weighted by Gasteiger charge is 2.42. The van der Waals surface area contributed by atoms with E-state index in [1.165, 1.54) is 23.9 Å². The van der Waals surface area contributed by atoms with Gasteiger partial charge in [-0.1, -0.05) is 30.8 Å². The van der Waals surface area contributed by atoms with Crippen molar-refractivity contribution in [1.82, 2.24) is 4.90 Å². The second-order valence-corrected chi connectivity index (χ2v) is 8.54. The molecule has 1 aliphatic heterocycles. The van der Waals surface area contributed by atoms with E-state index in [9.17, 15) is 14.0 Å². The summed E-state index contributed by atoms with van der Waals surface area (Å²) in [5.74, 6) is -1.31. The lowest BCUT2D eigenvalue weighted by Crippen LogP contribution is -2.44. The van der Waals surface area contributed by atoms with E-state index in [1.807, 2.05) is 6.08 Å². The minimum Gasteiger partial charge on any atom is -0.369 e. The molecule has 0 spiro atoms. The first-order valence-electron chi connectivity index (χ1n) is 9.54. The SMILES string of the molecule is CCN1CCCC1CC1(C(N)=O)C=CC(Sc2ccc(F)cc2)=C(C(N)=O)C1. The lowest BCUT2D eigenvalue weighted by Gasteiger charge is -2.36. The quantitative estimate of drug-likeness (QED) is 0.732. The number of benzene rings is 1. The molecule has 1 aliphatic carbocycles. The number of carbonyl (C=O) groups excluding carboxylic acids is 2. The summed E-state index contributed by atoms with van der Waals surface area (Å²) < 4.78 is 13.2. The summed E-state index contributed by atoms with van der Waals surface area (Å²) in [5.41, 5.74) is 10.9. The summed E-state index contributed by atoms with van der Waals surface area (Å²) in [4.78, 5) is 28.5. The molecule has 1 aromatic rings. The first-order valence-corrected chi connectivity index (χ1v) is 10.4. The van der Waals surface area contributed by atoms with Crippen LogP contribution in [0.15, 0.2) is 51.8 Å². The maximum absolute atomic E-state index is 13.2. The van der Waals surface area contributed by atoms with Crippen molar-refractivity contribution in [3.63, 3.8) is 0 Å². The van der Waals surface area contributed by atoms with E-state index >= 15 is 0 Å². The number of likely N-dealkylation sites (tertiary alicyclic amines) is 1. The van der Waals surface area contributed by atoms with Crippen molar-refractivity contribution in [2.45, 2.75) is 43.5 Å². The van der Waals surface area contributed by atoms with Crippen molar-refractivity contribution in [2.75, 3.05) is 13.1 Å². The highest BCUT2D eigenvalue weighted by molar-refractivity contribution is 8.03. The van der Waals surface area contributed by atoms with Gasteiger partial charge < -0.3 is 16.4 Å². The number of hydrogen-bond acceptors (Lipinski definition) is 4. The van der Waals surface area contributed by atoms with Crippen LogP contribution in [-0.2, 0) is 9.59 Å². The number of allylic oxidation sites excluding steroid dienone is 1. The van der Waals surface area contributed by atoms with E-state index in [4.69, 9.17) is 11.5 Å². The number of rotatable bonds is 7. The molecule has 2 atom stereocenters. The molecular formula is C21H26FN3O2S. The maximum Gasteiger partial charge on any atom is 0.245 e. The number of primary amides is 2. The zero-order valence-corrected chi connectivity index (χ0v) is 16.8. The van der Waals surface area contributed by atoms with Crippen LogP contribution >= 0.6 is 11.8 Å². The van der Waals surface area contributed by atoms with Crippen LogP contribution < -0.4 is 11.5 Å². The molecule has 1 saturated heterocycles. The van der Waals surface area contributed by atoms with E-state index in [0.717, 1.165) is 30.8 Å². The number of nitrogens with two attached hydrogens (primary N) is 2. The average molecular weight is 404 g/mol. The molecule has 1 heterocycles. The summed E-state index contributed by atoms with van der Waals surface area (Å²) >= 11 is 1.33. The number of amides is 2. The molecule has 7 heteroatoms. The van der Waals surface area contributed by atoms with Crippen LogP contribution in [-0.4, -0.2) is 35.8 Å². The van der Waals surface area contributed by atoms with Crippen LogP contribution in [0.3, 0.4) is 0 Å². The number of halogens is 1. The predicted molar refractivity (Wildman–Crippen MR) is 109 cm³/mol. The normalized spacial score (nSPS) is 25.3. The fourth-order valence-corrected chi connectivity index (χ4v) is 5.06. The van der Waals surface area contributed by atoms with Crippen LogP contribution in [0.1, 0.15) is 32.6 Å². The van der Waals surface area contributed by atoms with Gasteiger partial charge in [0.15, 0.2) is 0 Å². The van der Waals surface area contributed by atoms with Crippen LogP contribution in [0.2, 0.25) is 0 Å². The molecule has 150 valence electrons. The van der Waals surface area contributed by atoms with E-state index in [2.05, 4.69) is 11.8 Å². The van der Waals surface area contributed by atoms with Gasteiger partial charge >= 0.3 is 0 Å². The first kappa shape index (κ1) is 20.6. The van der Waals surface area contributed by atoms with Crippen molar-refractivity contribution in [3.05, 3.63) is 52.7 Å². The minimum atomic E-state index is -0.917. The number of nitrogens with zero attached hydrogens (tertiary/aromatic N) is 1. The molecule has 5 nitrogen and oxygen atoms in total. The molecule has 0 radical (unpaired) electrons. The topological polar surface area (TPSA) is 89.4 Å². The van der Waals surface area contributed by atoms with Crippen LogP contribution in [0, 0.1) is 11.2 Å². The molecule has 28 heavy (non-hydrogen) atoms. The van der Waals surface area contributed by atoms with Gasteiger partial charge in [-0.05, 0) is 63.0 Å². The Balaban J connectivity index is 1.87. The summed E-state index contributed by atoms with van der Waals surface area (Å²) in [6, 6.07) is 6.29. The summed E-state index contributed by atoms with van der Waals surface area (Å²) in [7, 11) is 0. The van der Waals surface area contributed by atoms with Gasteiger partial charge in [-0.15, -0.1) is 0 Å². The van der Waals surface area contributed by atoms with E-state index in [-0.39, 0.29) is 18.3 Å². The van der Waals surface area contributed by atoms with E-state index < -0.39 is 17.2 Å². The molecule has 0 bridgehead atoms. The Kier molecular flexibility index (Phi) is 6.25. The highest BCUT2D eigenvalue weighted by atomic mass is 32.2. The van der Waals surface area contributed by atoms with Gasteiger partial charge in [-0.25, -0.2) is 4.39 Å². The smallest absolute Gasteiger partial charge is 0.245 e. The van der Waals surface area contributed by atoms with Gasteiger partial charge in [0.2, 0.25) is 11.8 Å². The van der Waals surface area contributed by atoms with Crippen LogP contribution in [0.5, 0.6) is 0 Å². The molecular weight excluding hydrogens is 377 g/mol. The third-order valence-corrected chi connectivity index (χ3v) is 6.79. The maximum atomic E-state index is 13.2. The van der Waals surface area contributed by atoms with Crippen molar-refractivity contribution in [1.29, 1.82) is 0 Å². The Morgan fingerprint density at radius 2 is 2.00 bits per heavy atom. The molecule has 1 fully saturated rings. The fraction of sp³-hybridized carbons (Fsp3) is 0.429. The largest absolute Gasteiger partial charge is 0.369 e. The van der Waals surface area contributed by atoms with Gasteiger partial charge in [-0.2, -0.15) is 0 Å². The third-order valence-electron chi connectivity index (χ3n) is 5.68. The fourth-order valence-electron chi connectivity index (χ4n) is 4.10. The van der Waals surface area contributed by atoms with Gasteiger partial charge in [0.25, 0.3) is 0 Å². The van der Waals surface area contributed by atoms with Gasteiger partial charge in [-0.3, -0.25) is 9.59 Å². The summed E-state index contributed by atoms with van der Waals surface area (Å²) in [6.07, 6.45) is 6.50. The Morgan fingerprint density at radius 1 is 1.29 bits per heavy atom. The van der Waals surface area contributed by atoms with Crippen LogP contribution in [0.4, 0.5) is 4.39 Å². The lowest BCUT2D eigenvalue weighted by molar-refractivity contribution is -0.126. The number of carbonyl (C=O) groups is 2. The van der Waals surface area contributed by atoms with Crippen molar-refractivity contribution in [2.24, 2.45) is 16.9 Å². The summed E-state index contributed by atoms with van der Waals surface area (Å²) in [5, 5.41) is 0. The molecule has 0 aromatic heterocycles. The Morgan fingerprint density at radius 3 is 2.61 bits per heavy atom. The monoisotopic (exact) mass is 403 g/mol.